The highest BCUT2D eigenvalue weighted by Gasteiger charge is 1.99. The summed E-state index contributed by atoms with van der Waals surface area (Å²) < 4.78 is 13.3. The molecule has 0 aromatic heterocycles. The smallest absolute Gasteiger partial charge is 0.128 e. The molecule has 0 heterocycles. The highest BCUT2D eigenvalue weighted by molar-refractivity contribution is 5.46. The van der Waals surface area contributed by atoms with Crippen LogP contribution in [0.4, 0.5) is 10.1 Å². The van der Waals surface area contributed by atoms with Crippen LogP contribution in [0.2, 0.25) is 0 Å². The van der Waals surface area contributed by atoms with Crippen molar-refractivity contribution in [3.05, 3.63) is 59.4 Å². The standard InChI is InChI=1S/C14H14FNO/c1-10-5-6-12(8-14(10)15)16-9-11-3-2-4-13(17)7-11/h2-8,16-17H,9H2,1H3. The van der Waals surface area contributed by atoms with E-state index in [2.05, 4.69) is 5.32 Å². The molecule has 0 saturated heterocycles. The van der Waals surface area contributed by atoms with Gasteiger partial charge in [0.25, 0.3) is 0 Å². The zero-order chi connectivity index (χ0) is 12.3. The molecule has 0 unspecified atom stereocenters. The van der Waals surface area contributed by atoms with E-state index in [1.165, 1.54) is 6.07 Å². The van der Waals surface area contributed by atoms with Crippen LogP contribution in [-0.2, 0) is 6.54 Å². The summed E-state index contributed by atoms with van der Waals surface area (Å²) in [5, 5.41) is 12.4. The topological polar surface area (TPSA) is 32.3 Å². The predicted octanol–water partition coefficient (Wildman–Crippen LogP) is 3.45. The number of nitrogens with one attached hydrogen (secondary N) is 1. The second kappa shape index (κ2) is 4.87. The van der Waals surface area contributed by atoms with Crippen LogP contribution in [0.15, 0.2) is 42.5 Å². The Hall–Kier alpha value is -2.03. The Labute approximate surface area is 99.7 Å². The lowest BCUT2D eigenvalue weighted by Gasteiger charge is -2.07. The zero-order valence-electron chi connectivity index (χ0n) is 9.57. The van der Waals surface area contributed by atoms with Gasteiger partial charge in [0.05, 0.1) is 0 Å². The number of aromatic hydroxyl groups is 1. The molecular formula is C14H14FNO. The first-order valence-electron chi connectivity index (χ1n) is 5.43. The Kier molecular flexibility index (Phi) is 3.28. The molecular weight excluding hydrogens is 217 g/mol. The summed E-state index contributed by atoms with van der Waals surface area (Å²) in [6.07, 6.45) is 0. The van der Waals surface area contributed by atoms with E-state index >= 15 is 0 Å². The fourth-order valence-corrected chi connectivity index (χ4v) is 1.57. The number of hydrogen-bond donors (Lipinski definition) is 2. The maximum Gasteiger partial charge on any atom is 0.128 e. The van der Waals surface area contributed by atoms with Gasteiger partial charge in [-0.15, -0.1) is 0 Å². The molecule has 3 heteroatoms. The van der Waals surface area contributed by atoms with Crippen molar-refractivity contribution in [2.45, 2.75) is 13.5 Å². The number of phenolic OH excluding ortho intramolecular Hbond substituents is 1. The predicted molar refractivity (Wildman–Crippen MR) is 66.6 cm³/mol. The summed E-state index contributed by atoms with van der Waals surface area (Å²) >= 11 is 0. The van der Waals surface area contributed by atoms with Gasteiger partial charge in [0.1, 0.15) is 11.6 Å². The molecule has 2 aromatic rings. The number of phenols is 1. The number of anilines is 1. The van der Waals surface area contributed by atoms with E-state index in [-0.39, 0.29) is 11.6 Å². The SMILES string of the molecule is Cc1ccc(NCc2cccc(O)c2)cc1F. The summed E-state index contributed by atoms with van der Waals surface area (Å²) in [6.45, 7) is 2.28. The van der Waals surface area contributed by atoms with E-state index in [4.69, 9.17) is 0 Å². The summed E-state index contributed by atoms with van der Waals surface area (Å²) in [6, 6.07) is 12.0. The Bertz CT molecular complexity index is 525. The van der Waals surface area contributed by atoms with Crippen molar-refractivity contribution >= 4 is 5.69 Å². The molecule has 88 valence electrons. The summed E-state index contributed by atoms with van der Waals surface area (Å²) in [4.78, 5) is 0. The second-order valence-corrected chi connectivity index (χ2v) is 3.99. The Morgan fingerprint density at radius 3 is 2.71 bits per heavy atom. The molecule has 0 atom stereocenters. The highest BCUT2D eigenvalue weighted by atomic mass is 19.1. The van der Waals surface area contributed by atoms with Gasteiger partial charge in [0, 0.05) is 12.2 Å². The van der Waals surface area contributed by atoms with Crippen molar-refractivity contribution in [2.24, 2.45) is 0 Å². The number of hydrogen-bond acceptors (Lipinski definition) is 2. The van der Waals surface area contributed by atoms with Gasteiger partial charge in [-0.25, -0.2) is 4.39 Å². The lowest BCUT2D eigenvalue weighted by molar-refractivity contribution is 0.474. The number of halogens is 1. The lowest BCUT2D eigenvalue weighted by atomic mass is 10.2. The van der Waals surface area contributed by atoms with Crippen molar-refractivity contribution in [2.75, 3.05) is 5.32 Å². The van der Waals surface area contributed by atoms with Crippen LogP contribution in [0, 0.1) is 12.7 Å². The average molecular weight is 231 g/mol. The summed E-state index contributed by atoms with van der Waals surface area (Å²) in [5.74, 6) is 0.0188. The van der Waals surface area contributed by atoms with Crippen LogP contribution >= 0.6 is 0 Å². The van der Waals surface area contributed by atoms with Crippen molar-refractivity contribution in [3.8, 4) is 5.75 Å². The van der Waals surface area contributed by atoms with Gasteiger partial charge in [0.15, 0.2) is 0 Å². The van der Waals surface area contributed by atoms with Gasteiger partial charge in [0.2, 0.25) is 0 Å². The number of benzene rings is 2. The highest BCUT2D eigenvalue weighted by Crippen LogP contribution is 2.16. The van der Waals surface area contributed by atoms with Gasteiger partial charge in [-0.1, -0.05) is 18.2 Å². The van der Waals surface area contributed by atoms with Gasteiger partial charge in [-0.2, -0.15) is 0 Å². The first-order valence-corrected chi connectivity index (χ1v) is 5.43. The molecule has 2 rings (SSSR count). The molecule has 0 bridgehead atoms. The van der Waals surface area contributed by atoms with E-state index in [1.807, 2.05) is 12.1 Å². The third-order valence-electron chi connectivity index (χ3n) is 2.58. The largest absolute Gasteiger partial charge is 0.508 e. The van der Waals surface area contributed by atoms with Gasteiger partial charge < -0.3 is 10.4 Å². The molecule has 0 fully saturated rings. The van der Waals surface area contributed by atoms with Crippen LogP contribution in [0.5, 0.6) is 5.75 Å². The molecule has 0 aliphatic rings. The van der Waals surface area contributed by atoms with Crippen LogP contribution < -0.4 is 5.32 Å². The molecule has 2 nitrogen and oxygen atoms in total. The van der Waals surface area contributed by atoms with E-state index in [9.17, 15) is 9.50 Å². The summed E-state index contributed by atoms with van der Waals surface area (Å²) in [5.41, 5.74) is 2.32. The van der Waals surface area contributed by atoms with Crippen molar-refractivity contribution in [1.29, 1.82) is 0 Å². The average Bonchev–Trinajstić information content (AvgIpc) is 2.31. The van der Waals surface area contributed by atoms with Gasteiger partial charge >= 0.3 is 0 Å². The minimum Gasteiger partial charge on any atom is -0.508 e. The second-order valence-electron chi connectivity index (χ2n) is 3.99. The quantitative estimate of drug-likeness (QED) is 0.848. The molecule has 0 amide bonds. The Morgan fingerprint density at radius 2 is 2.00 bits per heavy atom. The van der Waals surface area contributed by atoms with E-state index < -0.39 is 0 Å². The third-order valence-corrected chi connectivity index (χ3v) is 2.58. The maximum atomic E-state index is 13.3. The van der Waals surface area contributed by atoms with E-state index in [0.717, 1.165) is 11.3 Å². The molecule has 0 saturated carbocycles. The van der Waals surface area contributed by atoms with Crippen molar-refractivity contribution in [1.82, 2.24) is 0 Å². The molecule has 17 heavy (non-hydrogen) atoms. The molecule has 0 aliphatic carbocycles. The third kappa shape index (κ3) is 2.97. The maximum absolute atomic E-state index is 13.3. The van der Waals surface area contributed by atoms with Crippen LogP contribution in [0.3, 0.4) is 0 Å². The first-order chi connectivity index (χ1) is 8.15. The number of rotatable bonds is 3. The lowest BCUT2D eigenvalue weighted by Crippen LogP contribution is -1.99. The molecule has 2 N–H and O–H groups in total. The van der Waals surface area contributed by atoms with Crippen LogP contribution in [0.25, 0.3) is 0 Å². The van der Waals surface area contributed by atoms with Crippen LogP contribution in [-0.4, -0.2) is 5.11 Å². The van der Waals surface area contributed by atoms with Gasteiger partial charge in [-0.05, 0) is 42.3 Å². The van der Waals surface area contributed by atoms with E-state index in [0.29, 0.717) is 12.1 Å². The zero-order valence-corrected chi connectivity index (χ0v) is 9.57. The van der Waals surface area contributed by atoms with Gasteiger partial charge in [-0.3, -0.25) is 0 Å². The first kappa shape index (κ1) is 11.5. The fraction of sp³-hybridized carbons (Fsp3) is 0.143. The normalized spacial score (nSPS) is 10.2. The minimum atomic E-state index is -0.217. The molecule has 0 spiro atoms. The van der Waals surface area contributed by atoms with Crippen molar-refractivity contribution in [3.63, 3.8) is 0 Å². The fourth-order valence-electron chi connectivity index (χ4n) is 1.57. The number of aryl methyl sites for hydroxylation is 1. The summed E-state index contributed by atoms with van der Waals surface area (Å²) in [7, 11) is 0. The minimum absolute atomic E-state index is 0.217. The monoisotopic (exact) mass is 231 g/mol. The van der Waals surface area contributed by atoms with Crippen molar-refractivity contribution < 1.29 is 9.50 Å². The van der Waals surface area contributed by atoms with Crippen LogP contribution in [0.1, 0.15) is 11.1 Å². The Balaban J connectivity index is 2.05. The molecule has 0 radical (unpaired) electrons. The Morgan fingerprint density at radius 1 is 1.18 bits per heavy atom. The molecule has 0 aliphatic heterocycles. The molecule has 2 aromatic carbocycles. The van der Waals surface area contributed by atoms with E-state index in [1.54, 1.807) is 31.2 Å².